The minimum atomic E-state index is -0.942. The Balaban J connectivity index is 1.39. The Morgan fingerprint density at radius 2 is 1.97 bits per heavy atom. The number of carbonyl (C=O) groups excluding carboxylic acids is 1. The van der Waals surface area contributed by atoms with Gasteiger partial charge >= 0.3 is 5.97 Å². The number of aromatic nitrogens is 4. The van der Waals surface area contributed by atoms with Gasteiger partial charge in [-0.1, -0.05) is 18.9 Å². The normalized spacial score (nSPS) is 20.5. The highest BCUT2D eigenvalue weighted by Gasteiger charge is 2.48. The molecule has 1 aliphatic carbocycles. The summed E-state index contributed by atoms with van der Waals surface area (Å²) in [6.45, 7) is 14.6. The third-order valence-electron chi connectivity index (χ3n) is 8.26. The topological polar surface area (TPSA) is 94.0 Å². The van der Waals surface area contributed by atoms with E-state index < -0.39 is 22.9 Å². The van der Waals surface area contributed by atoms with Gasteiger partial charge in [-0.25, -0.2) is 25.3 Å². The summed E-state index contributed by atoms with van der Waals surface area (Å²) in [6, 6.07) is 6.89. The highest BCUT2D eigenvalue weighted by Crippen LogP contribution is 2.46. The van der Waals surface area contributed by atoms with Gasteiger partial charge in [0.25, 0.3) is 11.3 Å². The smallest absolute Gasteiger partial charge is 0.338 e. The van der Waals surface area contributed by atoms with E-state index in [1.807, 2.05) is 26.0 Å². The van der Waals surface area contributed by atoms with Crippen molar-refractivity contribution in [2.45, 2.75) is 90.2 Å². The van der Waals surface area contributed by atoms with Crippen molar-refractivity contribution in [3.8, 4) is 0 Å². The molecule has 8 nitrogen and oxygen atoms in total. The fraction of sp³-hybridized carbons (Fsp3) is 0.500. The van der Waals surface area contributed by atoms with Crippen LogP contribution in [-0.4, -0.2) is 36.3 Å². The number of hydrogen-bond donors (Lipinski definition) is 1. The van der Waals surface area contributed by atoms with Crippen molar-refractivity contribution in [2.24, 2.45) is 5.92 Å². The second-order valence-corrected chi connectivity index (χ2v) is 11.5. The lowest BCUT2D eigenvalue weighted by Crippen LogP contribution is -2.46. The van der Waals surface area contributed by atoms with Crippen molar-refractivity contribution in [1.29, 1.82) is 0 Å². The van der Waals surface area contributed by atoms with Crippen LogP contribution in [0.2, 0.25) is 0 Å². The minimum Gasteiger partial charge on any atom is -0.512 e. The summed E-state index contributed by atoms with van der Waals surface area (Å²) in [4.78, 5) is 25.8. The monoisotopic (exact) mass is 531 g/mol. The van der Waals surface area contributed by atoms with E-state index in [2.05, 4.69) is 19.9 Å². The Morgan fingerprint density at radius 3 is 2.64 bits per heavy atom. The van der Waals surface area contributed by atoms with Gasteiger partial charge in [0, 0.05) is 38.1 Å². The maximum absolute atomic E-state index is 14.9. The molecule has 3 heterocycles. The molecule has 9 heteroatoms. The number of fused-ring (bicyclic) bond motifs is 1. The average molecular weight is 532 g/mol. The molecule has 0 radical (unpaired) electrons. The number of hydrogen-bond acceptors (Lipinski definition) is 6. The standard InChI is InChI=1S/C30H34FN5O3/c1-18-14-19(2)36-28(33-18)34-26(35-36)16-22-25(37)17-30(39-27(22)38,21-8-6-7-9-21)13-12-20-10-11-23(24(31)15-20)29(3,4)32-5/h10-11,14-15,21,37H,6-9,12-13,16-17H2,1-4H3/t30-/m1/s1. The molecular weight excluding hydrogens is 497 g/mol. The molecule has 0 amide bonds. The van der Waals surface area contributed by atoms with Crippen molar-refractivity contribution in [3.63, 3.8) is 0 Å². The van der Waals surface area contributed by atoms with E-state index in [1.165, 1.54) is 6.07 Å². The number of aliphatic hydroxyl groups is 1. The third-order valence-corrected chi connectivity index (χ3v) is 8.26. The van der Waals surface area contributed by atoms with Crippen molar-refractivity contribution in [2.75, 3.05) is 0 Å². The number of benzene rings is 1. The second kappa shape index (κ2) is 10.1. The SMILES string of the molecule is [C-]#[N+]C(C)(C)c1ccc(CC[C@]2(C3CCCC3)CC(O)=C(Cc3nc4nc(C)cc(C)n4n3)C(=O)O2)cc1F. The first-order chi connectivity index (χ1) is 18.5. The summed E-state index contributed by atoms with van der Waals surface area (Å²) in [6.07, 6.45) is 5.16. The first-order valence-corrected chi connectivity index (χ1v) is 13.5. The van der Waals surface area contributed by atoms with Gasteiger partial charge < -0.3 is 14.7 Å². The summed E-state index contributed by atoms with van der Waals surface area (Å²) < 4.78 is 22.7. The lowest BCUT2D eigenvalue weighted by atomic mass is 9.76. The number of ether oxygens (including phenoxy) is 1. The molecule has 2 aliphatic rings. The van der Waals surface area contributed by atoms with Gasteiger partial charge in [0.05, 0.1) is 11.1 Å². The number of nitrogens with zero attached hydrogens (tertiary/aromatic N) is 5. The summed E-state index contributed by atoms with van der Waals surface area (Å²) in [7, 11) is 0. The van der Waals surface area contributed by atoms with Crippen LogP contribution in [0.3, 0.4) is 0 Å². The van der Waals surface area contributed by atoms with Crippen molar-refractivity contribution in [3.05, 3.63) is 81.2 Å². The zero-order valence-electron chi connectivity index (χ0n) is 22.9. The van der Waals surface area contributed by atoms with E-state index in [9.17, 15) is 14.3 Å². The fourth-order valence-corrected chi connectivity index (χ4v) is 6.05. The molecular formula is C30H34FN5O3. The molecule has 2 aromatic heterocycles. The first kappa shape index (κ1) is 26.8. The Kier molecular flexibility index (Phi) is 6.91. The molecule has 1 saturated carbocycles. The summed E-state index contributed by atoms with van der Waals surface area (Å²) >= 11 is 0. The summed E-state index contributed by atoms with van der Waals surface area (Å²) in [5.74, 6) is 0.0161. The predicted molar refractivity (Wildman–Crippen MR) is 143 cm³/mol. The highest BCUT2D eigenvalue weighted by atomic mass is 19.1. The molecule has 5 rings (SSSR count). The molecule has 1 aromatic carbocycles. The van der Waals surface area contributed by atoms with Gasteiger partial charge in [0.15, 0.2) is 5.82 Å². The van der Waals surface area contributed by atoms with E-state index in [4.69, 9.17) is 11.3 Å². The van der Waals surface area contributed by atoms with Gasteiger partial charge in [0.1, 0.15) is 17.2 Å². The third kappa shape index (κ3) is 5.12. The van der Waals surface area contributed by atoms with Gasteiger partial charge in [-0.15, -0.1) is 5.10 Å². The van der Waals surface area contributed by atoms with E-state index in [-0.39, 0.29) is 30.1 Å². The average Bonchev–Trinajstić information content (AvgIpc) is 3.56. The van der Waals surface area contributed by atoms with Crippen molar-refractivity contribution in [1.82, 2.24) is 19.6 Å². The molecule has 0 saturated heterocycles. The first-order valence-electron chi connectivity index (χ1n) is 13.5. The van der Waals surface area contributed by atoms with Crippen LogP contribution in [0.4, 0.5) is 4.39 Å². The molecule has 1 atom stereocenters. The number of cyclic esters (lactones) is 1. The van der Waals surface area contributed by atoms with Gasteiger partial charge in [0.2, 0.25) is 0 Å². The molecule has 1 fully saturated rings. The zero-order chi connectivity index (χ0) is 27.9. The van der Waals surface area contributed by atoms with Crippen LogP contribution in [0.5, 0.6) is 0 Å². The maximum atomic E-state index is 14.9. The molecule has 3 aromatic rings. The van der Waals surface area contributed by atoms with Gasteiger partial charge in [-0.2, -0.15) is 4.98 Å². The van der Waals surface area contributed by atoms with E-state index >= 15 is 0 Å². The number of rotatable bonds is 7. The highest BCUT2D eigenvalue weighted by molar-refractivity contribution is 5.90. The summed E-state index contributed by atoms with van der Waals surface area (Å²) in [5, 5.41) is 15.7. The lowest BCUT2D eigenvalue weighted by Gasteiger charge is -2.41. The number of esters is 1. The van der Waals surface area contributed by atoms with Crippen LogP contribution in [0.15, 0.2) is 35.6 Å². The Labute approximate surface area is 227 Å². The van der Waals surface area contributed by atoms with Crippen LogP contribution >= 0.6 is 0 Å². The second-order valence-electron chi connectivity index (χ2n) is 11.5. The fourth-order valence-electron chi connectivity index (χ4n) is 6.05. The molecule has 1 aliphatic heterocycles. The number of aliphatic hydroxyl groups excluding tert-OH is 1. The van der Waals surface area contributed by atoms with Gasteiger partial charge in [-0.05, 0) is 69.2 Å². The van der Waals surface area contributed by atoms with Gasteiger partial charge in [-0.3, -0.25) is 0 Å². The number of halogens is 1. The molecule has 39 heavy (non-hydrogen) atoms. The van der Waals surface area contributed by atoms with Crippen molar-refractivity contribution < 1.29 is 19.0 Å². The van der Waals surface area contributed by atoms with E-state index in [0.717, 1.165) is 42.6 Å². The molecule has 0 spiro atoms. The Morgan fingerprint density at radius 1 is 1.23 bits per heavy atom. The minimum absolute atomic E-state index is 0.0122. The predicted octanol–water partition coefficient (Wildman–Crippen LogP) is 5.90. The molecule has 0 bridgehead atoms. The Bertz CT molecular complexity index is 1510. The number of aryl methyl sites for hydroxylation is 3. The Hall–Kier alpha value is -3.80. The van der Waals surface area contributed by atoms with Crippen LogP contribution in [-0.2, 0) is 27.9 Å². The molecule has 204 valence electrons. The largest absolute Gasteiger partial charge is 0.512 e. The van der Waals surface area contributed by atoms with Crippen LogP contribution in [0.25, 0.3) is 10.6 Å². The van der Waals surface area contributed by atoms with Crippen LogP contribution in [0.1, 0.15) is 80.7 Å². The van der Waals surface area contributed by atoms with E-state index in [0.29, 0.717) is 30.0 Å². The van der Waals surface area contributed by atoms with Crippen LogP contribution in [0, 0.1) is 32.2 Å². The van der Waals surface area contributed by atoms with E-state index in [1.54, 1.807) is 24.4 Å². The quantitative estimate of drug-likeness (QED) is 0.301. The maximum Gasteiger partial charge on any atom is 0.338 e. The number of carbonyl (C=O) groups is 1. The van der Waals surface area contributed by atoms with Crippen molar-refractivity contribution >= 4 is 11.7 Å². The summed E-state index contributed by atoms with van der Waals surface area (Å²) in [5.41, 5.74) is 1.21. The zero-order valence-corrected chi connectivity index (χ0v) is 22.9. The molecule has 1 N–H and O–H groups in total. The lowest BCUT2D eigenvalue weighted by molar-refractivity contribution is -0.167. The molecule has 0 unspecified atom stereocenters. The van der Waals surface area contributed by atoms with Crippen LogP contribution < -0.4 is 0 Å².